The fourth-order valence-corrected chi connectivity index (χ4v) is 2.50. The zero-order valence-corrected chi connectivity index (χ0v) is 15.5. The van der Waals surface area contributed by atoms with Crippen LogP contribution in [-0.4, -0.2) is 33.6 Å². The first-order valence-corrected chi connectivity index (χ1v) is 8.70. The summed E-state index contributed by atoms with van der Waals surface area (Å²) in [5, 5.41) is 19.6. The smallest absolute Gasteiger partial charge is 0.276 e. The van der Waals surface area contributed by atoms with E-state index in [1.54, 1.807) is 12.1 Å². The van der Waals surface area contributed by atoms with Crippen LogP contribution >= 0.6 is 0 Å². The van der Waals surface area contributed by atoms with Crippen molar-refractivity contribution in [2.45, 2.75) is 6.92 Å². The molecule has 0 unspecified atom stereocenters. The first-order chi connectivity index (χ1) is 13.9. The molecule has 0 aliphatic heterocycles. The highest BCUT2D eigenvalue weighted by atomic mass is 16.5. The summed E-state index contributed by atoms with van der Waals surface area (Å²) in [4.78, 5) is 28.1. The Balaban J connectivity index is 1.51. The van der Waals surface area contributed by atoms with Gasteiger partial charge in [-0.1, -0.05) is 24.3 Å². The first kappa shape index (κ1) is 19.7. The highest BCUT2D eigenvalue weighted by Gasteiger charge is 2.08. The molecule has 29 heavy (non-hydrogen) atoms. The fourth-order valence-electron chi connectivity index (χ4n) is 2.50. The lowest BCUT2D eigenvalue weighted by Crippen LogP contribution is -2.43. The average Bonchev–Trinajstić information content (AvgIpc) is 2.71. The van der Waals surface area contributed by atoms with E-state index in [0.717, 1.165) is 11.1 Å². The molecule has 1 aromatic heterocycles. The van der Waals surface area contributed by atoms with E-state index in [1.165, 1.54) is 30.4 Å². The monoisotopic (exact) mass is 393 g/mol. The van der Waals surface area contributed by atoms with Crippen LogP contribution in [0.2, 0.25) is 0 Å². The number of amides is 2. The van der Waals surface area contributed by atoms with Gasteiger partial charge in [0.2, 0.25) is 0 Å². The summed E-state index contributed by atoms with van der Waals surface area (Å²) in [7, 11) is 0. The van der Waals surface area contributed by atoms with E-state index in [0.29, 0.717) is 16.8 Å². The molecule has 3 rings (SSSR count). The summed E-state index contributed by atoms with van der Waals surface area (Å²) in [6, 6.07) is 13.4. The number of carbonyl (C=O) groups excluding carboxylic acids is 2. The zero-order chi connectivity index (χ0) is 20.8. The summed E-state index contributed by atoms with van der Waals surface area (Å²) < 4.78 is 5.53. The predicted octanol–water partition coefficient (Wildman–Crippen LogP) is 2.19. The van der Waals surface area contributed by atoms with Crippen molar-refractivity contribution in [2.24, 2.45) is 0 Å². The molecule has 8 heteroatoms. The van der Waals surface area contributed by atoms with Crippen LogP contribution in [0.15, 0.2) is 54.6 Å². The molecule has 0 saturated carbocycles. The minimum Gasteiger partial charge on any atom is -0.504 e. The number of aromatic hydroxyl groups is 2. The van der Waals surface area contributed by atoms with Crippen LogP contribution in [0.5, 0.6) is 17.2 Å². The maximum absolute atomic E-state index is 11.9. The number of benzene rings is 2. The van der Waals surface area contributed by atoms with Crippen molar-refractivity contribution in [3.63, 3.8) is 0 Å². The normalized spacial score (nSPS) is 10.8. The second-order valence-electron chi connectivity index (χ2n) is 6.19. The summed E-state index contributed by atoms with van der Waals surface area (Å²) >= 11 is 0. The van der Waals surface area contributed by atoms with Gasteiger partial charge in [0.15, 0.2) is 18.1 Å². The minimum atomic E-state index is -0.576. The molecule has 8 nitrogen and oxygen atoms in total. The standard InChI is InChI=1S/C21H19N3O5/c1-13-5-8-15-3-2-4-18(21(15)22-13)29-12-20(28)24-23-19(27)10-7-14-6-9-16(25)17(26)11-14/h2-11,25-26H,12H2,1H3,(H,23,27)(H,24,28)/b10-7+. The van der Waals surface area contributed by atoms with Gasteiger partial charge in [0.25, 0.3) is 11.8 Å². The number of pyridine rings is 1. The van der Waals surface area contributed by atoms with Crippen LogP contribution < -0.4 is 15.6 Å². The van der Waals surface area contributed by atoms with Gasteiger partial charge in [0.05, 0.1) is 0 Å². The molecule has 2 amide bonds. The third kappa shape index (κ3) is 5.23. The number of phenols is 2. The van der Waals surface area contributed by atoms with Gasteiger partial charge in [0, 0.05) is 17.2 Å². The zero-order valence-electron chi connectivity index (χ0n) is 15.5. The Morgan fingerprint density at radius 3 is 2.69 bits per heavy atom. The Kier molecular flexibility index (Phi) is 5.94. The highest BCUT2D eigenvalue weighted by molar-refractivity contribution is 5.93. The summed E-state index contributed by atoms with van der Waals surface area (Å²) in [5.41, 5.74) is 6.47. The molecule has 0 aliphatic carbocycles. The molecule has 0 radical (unpaired) electrons. The van der Waals surface area contributed by atoms with Gasteiger partial charge in [0.1, 0.15) is 11.3 Å². The van der Waals surface area contributed by atoms with Crippen LogP contribution in [0, 0.1) is 6.92 Å². The topological polar surface area (TPSA) is 121 Å². The molecule has 0 bridgehead atoms. The van der Waals surface area contributed by atoms with E-state index in [1.807, 2.05) is 25.1 Å². The number of rotatable bonds is 5. The van der Waals surface area contributed by atoms with Gasteiger partial charge < -0.3 is 14.9 Å². The number of nitrogens with zero attached hydrogens (tertiary/aromatic N) is 1. The molecule has 4 N–H and O–H groups in total. The molecule has 148 valence electrons. The molecule has 1 heterocycles. The number of aryl methyl sites for hydroxylation is 1. The first-order valence-electron chi connectivity index (χ1n) is 8.70. The fraction of sp³-hybridized carbons (Fsp3) is 0.0952. The van der Waals surface area contributed by atoms with Crippen molar-refractivity contribution in [3.8, 4) is 17.2 Å². The molecule has 0 aliphatic rings. The van der Waals surface area contributed by atoms with Crippen LogP contribution in [0.25, 0.3) is 17.0 Å². The van der Waals surface area contributed by atoms with E-state index < -0.39 is 11.8 Å². The number of aromatic nitrogens is 1. The number of fused-ring (bicyclic) bond motifs is 1. The summed E-state index contributed by atoms with van der Waals surface area (Å²) in [5.74, 6) is -1.20. The van der Waals surface area contributed by atoms with Crippen molar-refractivity contribution in [1.82, 2.24) is 15.8 Å². The number of nitrogens with one attached hydrogen (secondary N) is 2. The number of hydrogen-bond donors (Lipinski definition) is 4. The Labute approximate surface area is 166 Å². The number of hydrazine groups is 1. The van der Waals surface area contributed by atoms with Crippen LogP contribution in [-0.2, 0) is 9.59 Å². The Bertz CT molecular complexity index is 1090. The molecular formula is C21H19N3O5. The van der Waals surface area contributed by atoms with Crippen LogP contribution in [0.4, 0.5) is 0 Å². The van der Waals surface area contributed by atoms with Crippen molar-refractivity contribution in [3.05, 3.63) is 65.9 Å². The van der Waals surface area contributed by atoms with Gasteiger partial charge in [-0.2, -0.15) is 0 Å². The third-order valence-electron chi connectivity index (χ3n) is 3.93. The second kappa shape index (κ2) is 8.75. The quantitative estimate of drug-likeness (QED) is 0.300. The maximum atomic E-state index is 11.9. The predicted molar refractivity (Wildman–Crippen MR) is 107 cm³/mol. The highest BCUT2D eigenvalue weighted by Crippen LogP contribution is 2.25. The van der Waals surface area contributed by atoms with E-state index in [-0.39, 0.29) is 18.1 Å². The minimum absolute atomic E-state index is 0.254. The van der Waals surface area contributed by atoms with Gasteiger partial charge >= 0.3 is 0 Å². The molecule has 2 aromatic carbocycles. The van der Waals surface area contributed by atoms with Gasteiger partial charge in [-0.3, -0.25) is 20.4 Å². The Morgan fingerprint density at radius 1 is 1.07 bits per heavy atom. The summed E-state index contributed by atoms with van der Waals surface area (Å²) in [6.07, 6.45) is 2.59. The summed E-state index contributed by atoms with van der Waals surface area (Å²) in [6.45, 7) is 1.57. The van der Waals surface area contributed by atoms with E-state index in [2.05, 4.69) is 15.8 Å². The number of phenolic OH excluding ortho intramolecular Hbond substituents is 2. The number of carbonyl (C=O) groups is 2. The SMILES string of the molecule is Cc1ccc2cccc(OCC(=O)NNC(=O)/C=C/c3ccc(O)c(O)c3)c2n1. The average molecular weight is 393 g/mol. The lowest BCUT2D eigenvalue weighted by molar-refractivity contribution is -0.128. The van der Waals surface area contributed by atoms with Gasteiger partial charge in [-0.25, -0.2) is 4.98 Å². The molecule has 0 saturated heterocycles. The second-order valence-corrected chi connectivity index (χ2v) is 6.19. The van der Waals surface area contributed by atoms with Crippen LogP contribution in [0.1, 0.15) is 11.3 Å². The number of hydrogen-bond acceptors (Lipinski definition) is 6. The largest absolute Gasteiger partial charge is 0.504 e. The van der Waals surface area contributed by atoms with Crippen molar-refractivity contribution in [2.75, 3.05) is 6.61 Å². The van der Waals surface area contributed by atoms with E-state index >= 15 is 0 Å². The molecule has 0 spiro atoms. The Morgan fingerprint density at radius 2 is 1.90 bits per heavy atom. The molecule has 3 aromatic rings. The molecule has 0 atom stereocenters. The third-order valence-corrected chi connectivity index (χ3v) is 3.93. The van der Waals surface area contributed by atoms with Crippen molar-refractivity contribution >= 4 is 28.8 Å². The van der Waals surface area contributed by atoms with Crippen LogP contribution in [0.3, 0.4) is 0 Å². The van der Waals surface area contributed by atoms with Gasteiger partial charge in [-0.15, -0.1) is 0 Å². The van der Waals surface area contributed by atoms with E-state index in [4.69, 9.17) is 4.74 Å². The lowest BCUT2D eigenvalue weighted by Gasteiger charge is -2.10. The van der Waals surface area contributed by atoms with Crippen molar-refractivity contribution < 1.29 is 24.5 Å². The molecular weight excluding hydrogens is 374 g/mol. The maximum Gasteiger partial charge on any atom is 0.276 e. The Hall–Kier alpha value is -4.07. The van der Waals surface area contributed by atoms with E-state index in [9.17, 15) is 19.8 Å². The number of para-hydroxylation sites is 1. The van der Waals surface area contributed by atoms with Crippen molar-refractivity contribution in [1.29, 1.82) is 0 Å². The lowest BCUT2D eigenvalue weighted by atomic mass is 10.2. The number of ether oxygens (including phenoxy) is 1. The molecule has 0 fully saturated rings. The van der Waals surface area contributed by atoms with Gasteiger partial charge in [-0.05, 0) is 42.8 Å².